The lowest BCUT2D eigenvalue weighted by Crippen LogP contribution is -2.34. The van der Waals surface area contributed by atoms with Crippen molar-refractivity contribution in [3.8, 4) is 11.6 Å². The van der Waals surface area contributed by atoms with Crippen LogP contribution in [0.25, 0.3) is 0 Å². The summed E-state index contributed by atoms with van der Waals surface area (Å²) in [7, 11) is 1.89. The van der Waals surface area contributed by atoms with Crippen molar-refractivity contribution in [2.45, 2.75) is 38.5 Å². The predicted molar refractivity (Wildman–Crippen MR) is 120 cm³/mol. The van der Waals surface area contributed by atoms with Gasteiger partial charge in [0.15, 0.2) is 5.82 Å². The molecule has 2 aromatic heterocycles. The van der Waals surface area contributed by atoms with E-state index >= 15 is 0 Å². The Morgan fingerprint density at radius 3 is 2.90 bits per heavy atom. The lowest BCUT2D eigenvalue weighted by atomic mass is 9.93. The molecule has 0 fully saturated rings. The molecule has 0 amide bonds. The molecule has 0 saturated carbocycles. The molecule has 0 spiro atoms. The van der Waals surface area contributed by atoms with Gasteiger partial charge in [0.25, 0.3) is 0 Å². The average molecular weight is 424 g/mol. The summed E-state index contributed by atoms with van der Waals surface area (Å²) in [5, 5.41) is 14.2. The molecule has 0 radical (unpaired) electrons. The number of pyridine rings is 1. The zero-order valence-corrected chi connectivity index (χ0v) is 18.1. The Kier molecular flexibility index (Phi) is 6.51. The highest BCUT2D eigenvalue weighted by atomic mass is 16.5. The van der Waals surface area contributed by atoms with Crippen molar-refractivity contribution in [1.29, 1.82) is 0 Å². The standard InChI is InChI=1S/C22H29N7O2/c1-15(2)23-9-11-30-17-5-7-21(24-13-17)31-16-4-6-19-18(12-16)22(26-14-25-19)27-20-8-10-29(3)28-20/h4-8,10,13-16,19,23H,9,11-12H2,1-3H3,(H,25,26)(H,27,28). The number of hydrogen-bond acceptors (Lipinski definition) is 8. The first-order chi connectivity index (χ1) is 15.1. The van der Waals surface area contributed by atoms with Crippen LogP contribution >= 0.6 is 0 Å². The first kappa shape index (κ1) is 20.9. The fourth-order valence-electron chi connectivity index (χ4n) is 3.42. The highest BCUT2D eigenvalue weighted by Gasteiger charge is 2.27. The van der Waals surface area contributed by atoms with Gasteiger partial charge >= 0.3 is 0 Å². The molecule has 31 heavy (non-hydrogen) atoms. The number of nitrogens with one attached hydrogen (secondary N) is 3. The largest absolute Gasteiger partial charge is 0.491 e. The van der Waals surface area contributed by atoms with E-state index in [1.807, 2.05) is 37.5 Å². The minimum absolute atomic E-state index is 0.00417. The molecule has 9 nitrogen and oxygen atoms in total. The van der Waals surface area contributed by atoms with Gasteiger partial charge in [-0.25, -0.2) is 4.98 Å². The molecule has 3 N–H and O–H groups in total. The summed E-state index contributed by atoms with van der Waals surface area (Å²) in [6, 6.07) is 6.09. The van der Waals surface area contributed by atoms with E-state index in [0.29, 0.717) is 24.9 Å². The summed E-state index contributed by atoms with van der Waals surface area (Å²) in [6.45, 7) is 5.61. The minimum Gasteiger partial charge on any atom is -0.491 e. The van der Waals surface area contributed by atoms with Gasteiger partial charge in [0.2, 0.25) is 5.88 Å². The number of rotatable bonds is 9. The first-order valence-electron chi connectivity index (χ1n) is 10.5. The topological polar surface area (TPSA) is 97.6 Å². The molecule has 1 aliphatic carbocycles. The summed E-state index contributed by atoms with van der Waals surface area (Å²) in [6.07, 6.45) is 9.97. The van der Waals surface area contributed by atoms with E-state index in [4.69, 9.17) is 9.47 Å². The van der Waals surface area contributed by atoms with Crippen molar-refractivity contribution >= 4 is 12.2 Å². The lowest BCUT2D eigenvalue weighted by Gasteiger charge is -2.29. The number of anilines is 1. The third-order valence-electron chi connectivity index (χ3n) is 4.92. The summed E-state index contributed by atoms with van der Waals surface area (Å²) in [5.74, 6) is 2.96. The second-order valence-corrected chi connectivity index (χ2v) is 7.80. The lowest BCUT2D eigenvalue weighted by molar-refractivity contribution is 0.232. The van der Waals surface area contributed by atoms with Crippen LogP contribution in [-0.4, -0.2) is 52.4 Å². The summed E-state index contributed by atoms with van der Waals surface area (Å²) in [5.41, 5.74) is 1.12. The van der Waals surface area contributed by atoms with Gasteiger partial charge in [0, 0.05) is 50.0 Å². The fraction of sp³-hybridized carbons (Fsp3) is 0.409. The third kappa shape index (κ3) is 5.64. The van der Waals surface area contributed by atoms with Gasteiger partial charge in [0.1, 0.15) is 24.3 Å². The van der Waals surface area contributed by atoms with Gasteiger partial charge in [-0.1, -0.05) is 19.9 Å². The van der Waals surface area contributed by atoms with Gasteiger partial charge in [0.05, 0.1) is 18.6 Å². The molecule has 1 aliphatic heterocycles. The van der Waals surface area contributed by atoms with E-state index in [9.17, 15) is 0 Å². The van der Waals surface area contributed by atoms with E-state index in [1.165, 1.54) is 0 Å². The van der Waals surface area contributed by atoms with Crippen molar-refractivity contribution in [2.75, 3.05) is 18.5 Å². The maximum atomic E-state index is 6.09. The van der Waals surface area contributed by atoms with E-state index in [-0.39, 0.29) is 12.1 Å². The molecule has 0 aromatic carbocycles. The molecular weight excluding hydrogens is 394 g/mol. The van der Waals surface area contributed by atoms with Crippen LogP contribution < -0.4 is 25.4 Å². The molecule has 0 saturated heterocycles. The molecule has 3 heterocycles. The van der Waals surface area contributed by atoms with Gasteiger partial charge < -0.3 is 25.4 Å². The summed E-state index contributed by atoms with van der Waals surface area (Å²) in [4.78, 5) is 8.90. The number of hydrogen-bond donors (Lipinski definition) is 3. The van der Waals surface area contributed by atoms with Crippen LogP contribution in [0.3, 0.4) is 0 Å². The molecule has 2 aliphatic rings. The Bertz CT molecular complexity index is 962. The number of ether oxygens (including phenoxy) is 2. The maximum Gasteiger partial charge on any atom is 0.214 e. The van der Waals surface area contributed by atoms with Crippen LogP contribution in [0.15, 0.2) is 59.1 Å². The van der Waals surface area contributed by atoms with Gasteiger partial charge in [-0.3, -0.25) is 9.67 Å². The molecule has 4 rings (SSSR count). The number of aryl methyl sites for hydroxylation is 1. The molecule has 2 atom stereocenters. The molecule has 2 unspecified atom stereocenters. The monoisotopic (exact) mass is 423 g/mol. The van der Waals surface area contributed by atoms with Crippen molar-refractivity contribution in [3.05, 3.63) is 54.1 Å². The molecule has 164 valence electrons. The molecule has 2 aromatic rings. The number of aliphatic imine (C=N–C) groups is 1. The zero-order chi connectivity index (χ0) is 21.6. The highest BCUT2D eigenvalue weighted by Crippen LogP contribution is 2.28. The predicted octanol–water partition coefficient (Wildman–Crippen LogP) is 2.22. The molecular formula is C22H29N7O2. The van der Waals surface area contributed by atoms with Crippen LogP contribution in [0, 0.1) is 0 Å². The van der Waals surface area contributed by atoms with Gasteiger partial charge in [-0.15, -0.1) is 0 Å². The zero-order valence-electron chi connectivity index (χ0n) is 18.1. The number of aromatic nitrogens is 3. The minimum atomic E-state index is -0.128. The van der Waals surface area contributed by atoms with Crippen LogP contribution in [0.2, 0.25) is 0 Å². The van der Waals surface area contributed by atoms with Crippen molar-refractivity contribution in [2.24, 2.45) is 12.0 Å². The SMILES string of the molecule is CC(C)NCCOc1ccc(OC2C=CC3N=CNC(Nc4ccn(C)n4)=C3C2)nc1. The highest BCUT2D eigenvalue weighted by molar-refractivity contribution is 5.64. The first-order valence-corrected chi connectivity index (χ1v) is 10.5. The van der Waals surface area contributed by atoms with Gasteiger partial charge in [-0.2, -0.15) is 5.10 Å². The number of fused-ring (bicyclic) bond motifs is 1. The summed E-state index contributed by atoms with van der Waals surface area (Å²) >= 11 is 0. The van der Waals surface area contributed by atoms with Crippen LogP contribution in [0.1, 0.15) is 20.3 Å². The Morgan fingerprint density at radius 1 is 1.26 bits per heavy atom. The summed E-state index contributed by atoms with van der Waals surface area (Å²) < 4.78 is 13.6. The Hall–Kier alpha value is -3.33. The fourth-order valence-corrected chi connectivity index (χ4v) is 3.42. The Balaban J connectivity index is 1.36. The normalized spacial score (nSPS) is 19.9. The van der Waals surface area contributed by atoms with E-state index < -0.39 is 0 Å². The second-order valence-electron chi connectivity index (χ2n) is 7.80. The third-order valence-corrected chi connectivity index (χ3v) is 4.92. The molecule has 0 bridgehead atoms. The van der Waals surface area contributed by atoms with E-state index in [1.54, 1.807) is 17.2 Å². The molecule has 9 heteroatoms. The Labute approximate surface area is 182 Å². The quantitative estimate of drug-likeness (QED) is 0.420. The van der Waals surface area contributed by atoms with Gasteiger partial charge in [-0.05, 0) is 12.1 Å². The van der Waals surface area contributed by atoms with Crippen molar-refractivity contribution in [1.82, 2.24) is 25.4 Å². The van der Waals surface area contributed by atoms with Crippen LogP contribution in [0.5, 0.6) is 11.6 Å². The smallest absolute Gasteiger partial charge is 0.214 e. The number of nitrogens with zero attached hydrogens (tertiary/aromatic N) is 4. The van der Waals surface area contributed by atoms with Crippen LogP contribution in [-0.2, 0) is 7.05 Å². The average Bonchev–Trinajstić information content (AvgIpc) is 3.17. The second kappa shape index (κ2) is 9.65. The van der Waals surface area contributed by atoms with E-state index in [0.717, 1.165) is 29.5 Å². The van der Waals surface area contributed by atoms with Crippen LogP contribution in [0.4, 0.5) is 5.82 Å². The van der Waals surface area contributed by atoms with E-state index in [2.05, 4.69) is 50.9 Å². The Morgan fingerprint density at radius 2 is 2.16 bits per heavy atom. The van der Waals surface area contributed by atoms with Crippen molar-refractivity contribution in [3.63, 3.8) is 0 Å². The van der Waals surface area contributed by atoms with Crippen molar-refractivity contribution < 1.29 is 9.47 Å². The maximum absolute atomic E-state index is 6.09.